The maximum Gasteiger partial charge on any atom is 0.208 e. The van der Waals surface area contributed by atoms with E-state index in [1.807, 2.05) is 6.07 Å². The second-order valence-electron chi connectivity index (χ2n) is 6.05. The first-order chi connectivity index (χ1) is 12.4. The summed E-state index contributed by atoms with van der Waals surface area (Å²) in [7, 11) is -1.39. The van der Waals surface area contributed by atoms with Crippen LogP contribution in [0, 0.1) is 0 Å². The van der Waals surface area contributed by atoms with Crippen LogP contribution in [0.5, 0.6) is 0 Å². The number of hydrogen-bond acceptors (Lipinski definition) is 4. The zero-order valence-electron chi connectivity index (χ0n) is 16.7. The highest BCUT2D eigenvalue weighted by Gasteiger charge is 2.18. The number of hydrogen-bond donors (Lipinski definition) is 3. The van der Waals surface area contributed by atoms with Gasteiger partial charge in [-0.25, -0.2) is 13.1 Å². The van der Waals surface area contributed by atoms with Crippen molar-refractivity contribution in [2.75, 3.05) is 46.0 Å². The van der Waals surface area contributed by atoms with Gasteiger partial charge in [0.1, 0.15) is 0 Å². The summed E-state index contributed by atoms with van der Waals surface area (Å²) in [6, 6.07) is 10.7. The van der Waals surface area contributed by atoms with E-state index in [-0.39, 0.29) is 30.0 Å². The number of nitrogens with one attached hydrogen (secondary N) is 3. The maximum atomic E-state index is 11.0. The molecule has 9 heteroatoms. The van der Waals surface area contributed by atoms with Crippen LogP contribution < -0.4 is 15.4 Å². The summed E-state index contributed by atoms with van der Waals surface area (Å²) in [6.45, 7) is 8.08. The molecule has 27 heavy (non-hydrogen) atoms. The molecule has 0 bridgehead atoms. The van der Waals surface area contributed by atoms with Crippen molar-refractivity contribution in [1.29, 1.82) is 0 Å². The summed E-state index contributed by atoms with van der Waals surface area (Å²) >= 11 is 0. The Kier molecular flexibility index (Phi) is 13.7. The summed E-state index contributed by atoms with van der Waals surface area (Å²) in [6.07, 6.45) is 1.85. The first-order valence-electron chi connectivity index (χ1n) is 9.09. The maximum absolute atomic E-state index is 11.0. The first kappa shape index (κ1) is 26.1. The van der Waals surface area contributed by atoms with Gasteiger partial charge in [0.2, 0.25) is 10.0 Å². The minimum absolute atomic E-state index is 0. The topological polar surface area (TPSA) is 85.8 Å². The van der Waals surface area contributed by atoms with Crippen molar-refractivity contribution in [1.82, 2.24) is 20.3 Å². The third kappa shape index (κ3) is 10.9. The van der Waals surface area contributed by atoms with E-state index in [4.69, 9.17) is 0 Å². The Bertz CT molecular complexity index is 636. The smallest absolute Gasteiger partial charge is 0.208 e. The Morgan fingerprint density at radius 3 is 2.26 bits per heavy atom. The molecule has 0 saturated carbocycles. The lowest BCUT2D eigenvalue weighted by atomic mass is 10.1. The molecule has 7 nitrogen and oxygen atoms in total. The van der Waals surface area contributed by atoms with Gasteiger partial charge in [-0.05, 0) is 25.1 Å². The van der Waals surface area contributed by atoms with Gasteiger partial charge in [-0.2, -0.15) is 0 Å². The van der Waals surface area contributed by atoms with Crippen LogP contribution in [-0.2, 0) is 10.0 Å². The number of benzene rings is 1. The Morgan fingerprint density at radius 1 is 1.11 bits per heavy atom. The molecule has 156 valence electrons. The van der Waals surface area contributed by atoms with E-state index in [0.717, 1.165) is 31.8 Å². The molecule has 0 heterocycles. The third-order valence-electron chi connectivity index (χ3n) is 4.13. The molecule has 0 aliphatic carbocycles. The minimum Gasteiger partial charge on any atom is -0.356 e. The number of halogens is 1. The molecule has 1 aromatic rings. The van der Waals surface area contributed by atoms with Crippen LogP contribution in [-0.4, -0.2) is 65.3 Å². The van der Waals surface area contributed by atoms with Gasteiger partial charge in [-0.1, -0.05) is 44.2 Å². The Morgan fingerprint density at radius 2 is 1.74 bits per heavy atom. The number of guanidine groups is 1. The van der Waals surface area contributed by atoms with Gasteiger partial charge >= 0.3 is 0 Å². The predicted molar refractivity (Wildman–Crippen MR) is 124 cm³/mol. The van der Waals surface area contributed by atoms with Crippen molar-refractivity contribution in [3.05, 3.63) is 35.9 Å². The lowest BCUT2D eigenvalue weighted by Gasteiger charge is -2.30. The van der Waals surface area contributed by atoms with E-state index in [1.54, 1.807) is 7.05 Å². The average Bonchev–Trinajstić information content (AvgIpc) is 2.62. The van der Waals surface area contributed by atoms with E-state index in [0.29, 0.717) is 19.5 Å². The van der Waals surface area contributed by atoms with Gasteiger partial charge in [-0.15, -0.1) is 24.0 Å². The molecule has 0 saturated heterocycles. The second kappa shape index (κ2) is 14.1. The zero-order chi connectivity index (χ0) is 19.4. The quantitative estimate of drug-likeness (QED) is 0.183. The predicted octanol–water partition coefficient (Wildman–Crippen LogP) is 1.79. The summed E-state index contributed by atoms with van der Waals surface area (Å²) < 4.78 is 24.6. The zero-order valence-corrected chi connectivity index (χ0v) is 19.9. The van der Waals surface area contributed by atoms with Crippen molar-refractivity contribution >= 4 is 40.0 Å². The molecular formula is C18H34IN5O2S. The highest BCUT2D eigenvalue weighted by Crippen LogP contribution is 2.19. The molecule has 0 aliphatic heterocycles. The van der Waals surface area contributed by atoms with E-state index in [9.17, 15) is 8.42 Å². The van der Waals surface area contributed by atoms with Gasteiger partial charge in [0.25, 0.3) is 0 Å². The lowest BCUT2D eigenvalue weighted by molar-refractivity contribution is 0.219. The Hall–Kier alpha value is -0.910. The van der Waals surface area contributed by atoms with Gasteiger partial charge in [0, 0.05) is 26.7 Å². The molecule has 1 aromatic carbocycles. The third-order valence-corrected chi connectivity index (χ3v) is 4.86. The van der Waals surface area contributed by atoms with E-state index < -0.39 is 10.0 Å². The van der Waals surface area contributed by atoms with Crippen LogP contribution in [0.1, 0.15) is 31.9 Å². The fraction of sp³-hybridized carbons (Fsp3) is 0.611. The molecule has 0 amide bonds. The average molecular weight is 511 g/mol. The van der Waals surface area contributed by atoms with Crippen molar-refractivity contribution in [3.8, 4) is 0 Å². The first-order valence-corrected chi connectivity index (χ1v) is 11.0. The SMILES string of the molecule is CCN(CC)C(CNC(=NC)NCCCNS(C)(=O)=O)c1ccccc1.I. The van der Waals surface area contributed by atoms with E-state index >= 15 is 0 Å². The summed E-state index contributed by atoms with van der Waals surface area (Å²) in [4.78, 5) is 6.66. The van der Waals surface area contributed by atoms with Crippen molar-refractivity contribution in [3.63, 3.8) is 0 Å². The number of nitrogens with zero attached hydrogens (tertiary/aromatic N) is 2. The number of sulfonamides is 1. The highest BCUT2D eigenvalue weighted by atomic mass is 127. The van der Waals surface area contributed by atoms with Gasteiger partial charge in [0.15, 0.2) is 5.96 Å². The Balaban J connectivity index is 0.00000676. The van der Waals surface area contributed by atoms with Crippen LogP contribution >= 0.6 is 24.0 Å². The summed E-state index contributed by atoms with van der Waals surface area (Å²) in [5.74, 6) is 0.720. The normalized spacial score (nSPS) is 13.1. The van der Waals surface area contributed by atoms with Crippen LogP contribution in [0.25, 0.3) is 0 Å². The van der Waals surface area contributed by atoms with E-state index in [1.165, 1.54) is 5.56 Å². The Labute approximate surface area is 181 Å². The van der Waals surface area contributed by atoms with Crippen molar-refractivity contribution in [2.24, 2.45) is 4.99 Å². The monoisotopic (exact) mass is 511 g/mol. The van der Waals surface area contributed by atoms with Crippen LogP contribution in [0.2, 0.25) is 0 Å². The van der Waals surface area contributed by atoms with E-state index in [2.05, 4.69) is 63.4 Å². The standard InChI is InChI=1S/C18H33N5O2S.HI/c1-5-23(6-2)17(16-11-8-7-9-12-16)15-21-18(19-3)20-13-10-14-22-26(4,24)25;/h7-9,11-12,17,22H,5-6,10,13-15H2,1-4H3,(H2,19,20,21);1H. The van der Waals surface area contributed by atoms with Crippen molar-refractivity contribution in [2.45, 2.75) is 26.3 Å². The second-order valence-corrected chi connectivity index (χ2v) is 7.88. The lowest BCUT2D eigenvalue weighted by Crippen LogP contribution is -2.43. The number of likely N-dealkylation sites (N-methyl/N-ethyl adjacent to an activating group) is 1. The molecule has 0 fully saturated rings. The highest BCUT2D eigenvalue weighted by molar-refractivity contribution is 14.0. The fourth-order valence-corrected chi connectivity index (χ4v) is 3.28. The molecule has 3 N–H and O–H groups in total. The number of aliphatic imine (C=N–C) groups is 1. The summed E-state index contributed by atoms with van der Waals surface area (Å²) in [5, 5.41) is 6.61. The van der Waals surface area contributed by atoms with Gasteiger partial charge in [-0.3, -0.25) is 9.89 Å². The molecule has 0 aromatic heterocycles. The van der Waals surface area contributed by atoms with Gasteiger partial charge < -0.3 is 10.6 Å². The molecule has 0 aliphatic rings. The molecule has 1 rings (SSSR count). The molecule has 1 unspecified atom stereocenters. The minimum atomic E-state index is -3.13. The molecule has 0 spiro atoms. The largest absolute Gasteiger partial charge is 0.356 e. The van der Waals surface area contributed by atoms with Crippen LogP contribution in [0.4, 0.5) is 0 Å². The molecule has 0 radical (unpaired) electrons. The van der Waals surface area contributed by atoms with Crippen LogP contribution in [0.15, 0.2) is 35.3 Å². The molecule has 1 atom stereocenters. The van der Waals surface area contributed by atoms with Crippen LogP contribution in [0.3, 0.4) is 0 Å². The summed E-state index contributed by atoms with van der Waals surface area (Å²) in [5.41, 5.74) is 1.27. The molecular weight excluding hydrogens is 477 g/mol. The number of rotatable bonds is 11. The van der Waals surface area contributed by atoms with Gasteiger partial charge in [0.05, 0.1) is 12.3 Å². The fourth-order valence-electron chi connectivity index (χ4n) is 2.76. The van der Waals surface area contributed by atoms with Crippen molar-refractivity contribution < 1.29 is 8.42 Å².